The summed E-state index contributed by atoms with van der Waals surface area (Å²) in [6.45, 7) is 2.84. The summed E-state index contributed by atoms with van der Waals surface area (Å²) in [6, 6.07) is 11.6. The average Bonchev–Trinajstić information content (AvgIpc) is 3.25. The van der Waals surface area contributed by atoms with Crippen LogP contribution < -0.4 is 5.32 Å². The first-order chi connectivity index (χ1) is 11.7. The summed E-state index contributed by atoms with van der Waals surface area (Å²) >= 11 is 0. The molecule has 8 nitrogen and oxygen atoms in total. The Kier molecular flexibility index (Phi) is 4.95. The van der Waals surface area contributed by atoms with Crippen molar-refractivity contribution in [2.75, 3.05) is 0 Å². The first-order valence-electron chi connectivity index (χ1n) is 7.77. The quantitative estimate of drug-likeness (QED) is 0.703. The van der Waals surface area contributed by atoms with E-state index in [4.69, 9.17) is 0 Å². The molecule has 3 rings (SSSR count). The number of nitrogens with zero attached hydrogens (tertiary/aromatic N) is 6. The lowest BCUT2D eigenvalue weighted by molar-refractivity contribution is -0.122. The number of tetrazole rings is 1. The highest BCUT2D eigenvalue weighted by Gasteiger charge is 2.16. The molecule has 0 aliphatic carbocycles. The Bertz CT molecular complexity index is 767. The summed E-state index contributed by atoms with van der Waals surface area (Å²) in [5.41, 5.74) is 1.04. The van der Waals surface area contributed by atoms with Gasteiger partial charge in [0.1, 0.15) is 5.82 Å². The topological polar surface area (TPSA) is 90.5 Å². The van der Waals surface area contributed by atoms with E-state index in [0.717, 1.165) is 5.56 Å². The van der Waals surface area contributed by atoms with Crippen molar-refractivity contribution < 1.29 is 4.79 Å². The highest BCUT2D eigenvalue weighted by atomic mass is 16.1. The molecule has 2 aromatic heterocycles. The molecular weight excluding hydrogens is 306 g/mol. The van der Waals surface area contributed by atoms with Crippen LogP contribution in [0.3, 0.4) is 0 Å². The Morgan fingerprint density at radius 2 is 2.08 bits per heavy atom. The van der Waals surface area contributed by atoms with E-state index in [2.05, 4.69) is 25.9 Å². The van der Waals surface area contributed by atoms with Gasteiger partial charge in [-0.3, -0.25) is 9.48 Å². The van der Waals surface area contributed by atoms with Crippen LogP contribution in [0.4, 0.5) is 0 Å². The monoisotopic (exact) mass is 325 g/mol. The van der Waals surface area contributed by atoms with E-state index in [9.17, 15) is 4.79 Å². The number of amides is 1. The van der Waals surface area contributed by atoms with Gasteiger partial charge in [0.25, 0.3) is 0 Å². The molecule has 0 saturated carbocycles. The van der Waals surface area contributed by atoms with E-state index >= 15 is 0 Å². The third kappa shape index (κ3) is 4.03. The van der Waals surface area contributed by atoms with E-state index in [1.54, 1.807) is 10.9 Å². The molecule has 0 fully saturated rings. The number of rotatable bonds is 7. The number of hydrogen-bond acceptors (Lipinski definition) is 5. The summed E-state index contributed by atoms with van der Waals surface area (Å²) in [7, 11) is 0. The summed E-state index contributed by atoms with van der Waals surface area (Å²) in [5.74, 6) is 0.643. The minimum absolute atomic E-state index is 0.0501. The predicted octanol–water partition coefficient (Wildman–Crippen LogP) is 1.13. The van der Waals surface area contributed by atoms with Gasteiger partial charge >= 0.3 is 0 Å². The fourth-order valence-electron chi connectivity index (χ4n) is 2.45. The van der Waals surface area contributed by atoms with Crippen LogP contribution in [0, 0.1) is 6.92 Å². The summed E-state index contributed by atoms with van der Waals surface area (Å²) in [4.78, 5) is 12.3. The van der Waals surface area contributed by atoms with E-state index in [-0.39, 0.29) is 11.9 Å². The molecule has 1 aromatic carbocycles. The molecule has 2 heterocycles. The third-order valence-corrected chi connectivity index (χ3v) is 3.73. The number of nitrogens with one attached hydrogen (secondary N) is 1. The standard InChI is InChI=1S/C16H19N7O/c1-13-19-20-21-23(13)11-8-16(24)18-15(12-22-10-5-9-17-22)14-6-3-2-4-7-14/h2-7,9-10,15H,8,11-12H2,1H3,(H,18,24)/t15-/m0/s1. The van der Waals surface area contributed by atoms with Gasteiger partial charge in [0.2, 0.25) is 5.91 Å². The second-order valence-electron chi connectivity index (χ2n) is 5.46. The van der Waals surface area contributed by atoms with E-state index in [0.29, 0.717) is 25.3 Å². The van der Waals surface area contributed by atoms with Gasteiger partial charge in [-0.15, -0.1) is 5.10 Å². The maximum Gasteiger partial charge on any atom is 0.222 e. The highest BCUT2D eigenvalue weighted by molar-refractivity contribution is 5.76. The zero-order valence-electron chi connectivity index (χ0n) is 13.4. The van der Waals surface area contributed by atoms with Crippen molar-refractivity contribution in [3.05, 3.63) is 60.2 Å². The molecule has 0 unspecified atom stereocenters. The molecule has 1 amide bonds. The molecule has 0 saturated heterocycles. The minimum atomic E-state index is -0.145. The smallest absolute Gasteiger partial charge is 0.222 e. The SMILES string of the molecule is Cc1nnnn1CCC(=O)N[C@@H](Cn1cccn1)c1ccccc1. The van der Waals surface area contributed by atoms with Crippen molar-refractivity contribution in [3.8, 4) is 0 Å². The van der Waals surface area contributed by atoms with Crippen molar-refractivity contribution in [2.45, 2.75) is 32.5 Å². The largest absolute Gasteiger partial charge is 0.347 e. The van der Waals surface area contributed by atoms with Crippen LogP contribution in [0.25, 0.3) is 0 Å². The first-order valence-corrected chi connectivity index (χ1v) is 7.77. The Morgan fingerprint density at radius 1 is 1.25 bits per heavy atom. The zero-order chi connectivity index (χ0) is 16.8. The number of aromatic nitrogens is 6. The number of benzene rings is 1. The molecule has 1 N–H and O–H groups in total. The molecule has 0 bridgehead atoms. The second kappa shape index (κ2) is 7.49. The van der Waals surface area contributed by atoms with Crippen LogP contribution in [0.5, 0.6) is 0 Å². The van der Waals surface area contributed by atoms with E-state index in [1.807, 2.05) is 54.2 Å². The molecule has 1 atom stereocenters. The lowest BCUT2D eigenvalue weighted by Crippen LogP contribution is -2.32. The van der Waals surface area contributed by atoms with Crippen LogP contribution >= 0.6 is 0 Å². The normalized spacial score (nSPS) is 12.0. The fraction of sp³-hybridized carbons (Fsp3) is 0.312. The molecule has 0 aliphatic heterocycles. The minimum Gasteiger partial charge on any atom is -0.347 e. The van der Waals surface area contributed by atoms with Gasteiger partial charge in [0, 0.05) is 18.8 Å². The van der Waals surface area contributed by atoms with Gasteiger partial charge < -0.3 is 5.32 Å². The summed E-state index contributed by atoms with van der Waals surface area (Å²) in [5, 5.41) is 18.5. The fourth-order valence-corrected chi connectivity index (χ4v) is 2.45. The Labute approximate surface area is 139 Å². The van der Waals surface area contributed by atoms with Crippen LogP contribution in [0.15, 0.2) is 48.8 Å². The molecule has 3 aromatic rings. The van der Waals surface area contributed by atoms with Crippen LogP contribution in [-0.2, 0) is 17.9 Å². The van der Waals surface area contributed by atoms with Crippen LogP contribution in [0.1, 0.15) is 23.9 Å². The number of hydrogen-bond donors (Lipinski definition) is 1. The van der Waals surface area contributed by atoms with Crippen molar-refractivity contribution >= 4 is 5.91 Å². The zero-order valence-corrected chi connectivity index (χ0v) is 13.4. The third-order valence-electron chi connectivity index (χ3n) is 3.73. The average molecular weight is 325 g/mol. The van der Waals surface area contributed by atoms with Gasteiger partial charge in [0.05, 0.1) is 19.1 Å². The van der Waals surface area contributed by atoms with Crippen molar-refractivity contribution in [2.24, 2.45) is 0 Å². The maximum atomic E-state index is 12.3. The van der Waals surface area contributed by atoms with Crippen molar-refractivity contribution in [3.63, 3.8) is 0 Å². The Hall–Kier alpha value is -3.03. The maximum absolute atomic E-state index is 12.3. The van der Waals surface area contributed by atoms with Gasteiger partial charge in [0.15, 0.2) is 0 Å². The predicted molar refractivity (Wildman–Crippen MR) is 86.7 cm³/mol. The number of carbonyl (C=O) groups excluding carboxylic acids is 1. The molecule has 0 aliphatic rings. The molecule has 24 heavy (non-hydrogen) atoms. The Balaban J connectivity index is 1.64. The molecule has 0 spiro atoms. The molecule has 124 valence electrons. The van der Waals surface area contributed by atoms with Crippen LogP contribution in [-0.4, -0.2) is 35.9 Å². The molecule has 0 radical (unpaired) electrons. The van der Waals surface area contributed by atoms with Crippen LogP contribution in [0.2, 0.25) is 0 Å². The first kappa shape index (κ1) is 15.9. The van der Waals surface area contributed by atoms with Crippen molar-refractivity contribution in [1.82, 2.24) is 35.3 Å². The van der Waals surface area contributed by atoms with Gasteiger partial charge in [-0.25, -0.2) is 4.68 Å². The van der Waals surface area contributed by atoms with Crippen molar-refractivity contribution in [1.29, 1.82) is 0 Å². The van der Waals surface area contributed by atoms with Gasteiger partial charge in [-0.05, 0) is 29.0 Å². The lowest BCUT2D eigenvalue weighted by atomic mass is 10.1. The Morgan fingerprint density at radius 3 is 2.75 bits per heavy atom. The van der Waals surface area contributed by atoms with E-state index < -0.39 is 0 Å². The summed E-state index contributed by atoms with van der Waals surface area (Å²) in [6.07, 6.45) is 3.92. The van der Waals surface area contributed by atoms with Gasteiger partial charge in [-0.2, -0.15) is 5.10 Å². The molecular formula is C16H19N7O. The summed E-state index contributed by atoms with van der Waals surface area (Å²) < 4.78 is 3.42. The number of aryl methyl sites for hydroxylation is 2. The number of carbonyl (C=O) groups is 1. The highest BCUT2D eigenvalue weighted by Crippen LogP contribution is 2.15. The van der Waals surface area contributed by atoms with E-state index in [1.165, 1.54) is 0 Å². The second-order valence-corrected chi connectivity index (χ2v) is 5.46. The lowest BCUT2D eigenvalue weighted by Gasteiger charge is -2.19. The molecule has 8 heteroatoms. The van der Waals surface area contributed by atoms with Gasteiger partial charge in [-0.1, -0.05) is 30.3 Å².